The van der Waals surface area contributed by atoms with Crippen molar-refractivity contribution in [1.29, 1.82) is 5.26 Å². The molecule has 2 heterocycles. The van der Waals surface area contributed by atoms with E-state index in [-0.39, 0.29) is 5.15 Å². The van der Waals surface area contributed by atoms with E-state index < -0.39 is 0 Å². The summed E-state index contributed by atoms with van der Waals surface area (Å²) in [5.41, 5.74) is 0.416. The highest BCUT2D eigenvalue weighted by atomic mass is 35.5. The van der Waals surface area contributed by atoms with Crippen LogP contribution in [-0.4, -0.2) is 14.6 Å². The number of aryl methyl sites for hydroxylation is 1. The summed E-state index contributed by atoms with van der Waals surface area (Å²) < 4.78 is 5.47. The van der Waals surface area contributed by atoms with Crippen LogP contribution in [0.25, 0.3) is 0 Å². The summed E-state index contributed by atoms with van der Waals surface area (Å²) in [5, 5.41) is 17.9. The standard InChI is InChI=1S/C7H3ClN4S3/c1-3-10-11-7(13-3)14-6-4(2-9)5(8)12-15-6/h1H3. The molecule has 2 aromatic heterocycles. The van der Waals surface area contributed by atoms with Crippen LogP contribution in [0.4, 0.5) is 0 Å². The van der Waals surface area contributed by atoms with E-state index in [0.717, 1.165) is 13.6 Å². The minimum absolute atomic E-state index is 0.256. The highest BCUT2D eigenvalue weighted by molar-refractivity contribution is 8.02. The van der Waals surface area contributed by atoms with Gasteiger partial charge in [0.25, 0.3) is 0 Å². The second kappa shape index (κ2) is 4.45. The summed E-state index contributed by atoms with van der Waals surface area (Å²) in [6.45, 7) is 1.88. The first-order valence-electron chi connectivity index (χ1n) is 3.74. The van der Waals surface area contributed by atoms with Gasteiger partial charge in [0.05, 0.1) is 0 Å². The fraction of sp³-hybridized carbons (Fsp3) is 0.143. The van der Waals surface area contributed by atoms with Crippen LogP contribution in [0.3, 0.4) is 0 Å². The van der Waals surface area contributed by atoms with Crippen molar-refractivity contribution in [3.8, 4) is 6.07 Å². The summed E-state index contributed by atoms with van der Waals surface area (Å²) in [5.74, 6) is 0. The van der Waals surface area contributed by atoms with Crippen LogP contribution in [-0.2, 0) is 0 Å². The molecule has 0 bridgehead atoms. The zero-order chi connectivity index (χ0) is 10.8. The molecule has 0 fully saturated rings. The average molecular weight is 275 g/mol. The third-order valence-electron chi connectivity index (χ3n) is 1.42. The Morgan fingerprint density at radius 3 is 2.87 bits per heavy atom. The van der Waals surface area contributed by atoms with Gasteiger partial charge in [-0.2, -0.15) is 9.64 Å². The van der Waals surface area contributed by atoms with Gasteiger partial charge in [0, 0.05) is 0 Å². The van der Waals surface area contributed by atoms with Crippen molar-refractivity contribution in [1.82, 2.24) is 14.6 Å². The first-order valence-corrected chi connectivity index (χ1v) is 6.52. The molecule has 8 heteroatoms. The summed E-state index contributed by atoms with van der Waals surface area (Å²) >= 11 is 9.80. The number of hydrogen-bond donors (Lipinski definition) is 0. The van der Waals surface area contributed by atoms with Crippen molar-refractivity contribution in [3.05, 3.63) is 15.7 Å². The lowest BCUT2D eigenvalue weighted by Gasteiger charge is -1.89. The van der Waals surface area contributed by atoms with E-state index in [1.54, 1.807) is 0 Å². The molecule has 2 rings (SSSR count). The Morgan fingerprint density at radius 1 is 1.47 bits per heavy atom. The molecule has 4 nitrogen and oxygen atoms in total. The third-order valence-corrected chi connectivity index (χ3v) is 4.69. The van der Waals surface area contributed by atoms with Gasteiger partial charge in [-0.05, 0) is 30.2 Å². The van der Waals surface area contributed by atoms with Crippen LogP contribution in [0.1, 0.15) is 10.6 Å². The number of halogens is 1. The first kappa shape index (κ1) is 10.8. The maximum Gasteiger partial charge on any atom is 0.179 e. The lowest BCUT2D eigenvalue weighted by molar-refractivity contribution is 0.984. The number of nitrogens with zero attached hydrogens (tertiary/aromatic N) is 4. The number of nitriles is 1. The molecule has 0 spiro atoms. The predicted molar refractivity (Wildman–Crippen MR) is 60.6 cm³/mol. The minimum atomic E-state index is 0.256. The Hall–Kier alpha value is -0.680. The Bertz CT molecular complexity index is 527. The predicted octanol–water partition coefficient (Wildman–Crippen LogP) is 2.98. The van der Waals surface area contributed by atoms with Crippen LogP contribution >= 0.6 is 46.2 Å². The van der Waals surface area contributed by atoms with Gasteiger partial charge in [-0.15, -0.1) is 10.2 Å². The molecule has 0 unspecified atom stereocenters. The first-order chi connectivity index (χ1) is 7.20. The summed E-state index contributed by atoms with van der Waals surface area (Å²) in [6.07, 6.45) is 0. The van der Waals surface area contributed by atoms with Crippen molar-refractivity contribution in [2.75, 3.05) is 0 Å². The fourth-order valence-electron chi connectivity index (χ4n) is 0.817. The van der Waals surface area contributed by atoms with E-state index in [1.807, 2.05) is 13.0 Å². The van der Waals surface area contributed by atoms with Crippen LogP contribution < -0.4 is 0 Å². The highest BCUT2D eigenvalue weighted by Crippen LogP contribution is 2.37. The lowest BCUT2D eigenvalue weighted by Crippen LogP contribution is -1.74. The molecule has 0 amide bonds. The van der Waals surface area contributed by atoms with Crippen LogP contribution in [0.2, 0.25) is 5.15 Å². The van der Waals surface area contributed by atoms with Gasteiger partial charge < -0.3 is 0 Å². The zero-order valence-corrected chi connectivity index (χ0v) is 10.6. The Labute approximate surface area is 103 Å². The largest absolute Gasteiger partial charge is 0.192 e. The van der Waals surface area contributed by atoms with Crippen LogP contribution in [0.15, 0.2) is 8.55 Å². The molecule has 0 aromatic carbocycles. The quantitative estimate of drug-likeness (QED) is 0.842. The molecule has 0 N–H and O–H groups in total. The second-order valence-electron chi connectivity index (χ2n) is 2.44. The summed E-state index contributed by atoms with van der Waals surface area (Å²) in [6, 6.07) is 2.02. The van der Waals surface area contributed by atoms with Gasteiger partial charge in [-0.3, -0.25) is 0 Å². The van der Waals surface area contributed by atoms with Crippen molar-refractivity contribution in [2.45, 2.75) is 15.5 Å². The molecular formula is C7H3ClN4S3. The van der Waals surface area contributed by atoms with Gasteiger partial charge in [0.2, 0.25) is 0 Å². The molecule has 76 valence electrons. The lowest BCUT2D eigenvalue weighted by atomic mass is 10.4. The highest BCUT2D eigenvalue weighted by Gasteiger charge is 2.14. The van der Waals surface area contributed by atoms with Crippen molar-refractivity contribution < 1.29 is 0 Å². The molecule has 0 atom stereocenters. The van der Waals surface area contributed by atoms with E-state index in [1.165, 1.54) is 34.6 Å². The van der Waals surface area contributed by atoms with E-state index in [0.29, 0.717) is 5.56 Å². The topological polar surface area (TPSA) is 62.5 Å². The number of hydrogen-bond acceptors (Lipinski definition) is 7. The van der Waals surface area contributed by atoms with E-state index >= 15 is 0 Å². The van der Waals surface area contributed by atoms with Gasteiger partial charge in [0.1, 0.15) is 20.8 Å². The van der Waals surface area contributed by atoms with Crippen molar-refractivity contribution in [3.63, 3.8) is 0 Å². The Kier molecular flexibility index (Phi) is 3.21. The molecular weight excluding hydrogens is 272 g/mol. The van der Waals surface area contributed by atoms with E-state index in [2.05, 4.69) is 14.6 Å². The van der Waals surface area contributed by atoms with Crippen LogP contribution in [0, 0.1) is 18.3 Å². The normalized spacial score (nSPS) is 10.2. The number of aromatic nitrogens is 3. The smallest absolute Gasteiger partial charge is 0.179 e. The molecule has 0 radical (unpaired) electrons. The molecule has 0 aliphatic rings. The van der Waals surface area contributed by atoms with E-state index in [9.17, 15) is 0 Å². The van der Waals surface area contributed by atoms with Gasteiger partial charge in [0.15, 0.2) is 9.49 Å². The van der Waals surface area contributed by atoms with Gasteiger partial charge in [-0.25, -0.2) is 0 Å². The Morgan fingerprint density at radius 2 is 2.27 bits per heavy atom. The van der Waals surface area contributed by atoms with Crippen molar-refractivity contribution in [2.24, 2.45) is 0 Å². The third kappa shape index (κ3) is 2.29. The van der Waals surface area contributed by atoms with Gasteiger partial charge >= 0.3 is 0 Å². The molecule has 2 aromatic rings. The molecule has 0 saturated heterocycles. The number of rotatable bonds is 2. The minimum Gasteiger partial charge on any atom is -0.192 e. The SMILES string of the molecule is Cc1nnc(Sc2snc(Cl)c2C#N)s1. The van der Waals surface area contributed by atoms with Gasteiger partial charge in [-0.1, -0.05) is 22.9 Å². The Balaban J connectivity index is 2.29. The summed E-state index contributed by atoms with van der Waals surface area (Å²) in [7, 11) is 0. The van der Waals surface area contributed by atoms with E-state index in [4.69, 9.17) is 16.9 Å². The van der Waals surface area contributed by atoms with Crippen LogP contribution in [0.5, 0.6) is 0 Å². The molecule has 0 aliphatic carbocycles. The monoisotopic (exact) mass is 274 g/mol. The maximum atomic E-state index is 8.86. The fourth-order valence-corrected chi connectivity index (χ4v) is 3.99. The maximum absolute atomic E-state index is 8.86. The molecule has 0 aliphatic heterocycles. The molecule has 15 heavy (non-hydrogen) atoms. The second-order valence-corrected chi connectivity index (χ2v) is 6.27. The van der Waals surface area contributed by atoms with Crippen molar-refractivity contribution >= 4 is 46.2 Å². The molecule has 0 saturated carbocycles. The summed E-state index contributed by atoms with van der Waals surface area (Å²) in [4.78, 5) is 0. The average Bonchev–Trinajstić information content (AvgIpc) is 2.75. The zero-order valence-electron chi connectivity index (χ0n) is 7.39.